The van der Waals surface area contributed by atoms with Gasteiger partial charge in [-0.25, -0.2) is 4.98 Å². The van der Waals surface area contributed by atoms with Crippen LogP contribution in [-0.2, 0) is 11.3 Å². The Kier molecular flexibility index (Phi) is 3.83. The minimum Gasteiger partial charge on any atom is -0.377 e. The molecule has 0 aliphatic carbocycles. The molecular formula is C17H23N3O. The highest BCUT2D eigenvalue weighted by atomic mass is 16.5. The van der Waals surface area contributed by atoms with Crippen molar-refractivity contribution in [3.05, 3.63) is 48.0 Å². The maximum absolute atomic E-state index is 5.69. The third-order valence-corrected chi connectivity index (χ3v) is 4.59. The lowest BCUT2D eigenvalue weighted by molar-refractivity contribution is 0.0880. The number of aromatic nitrogens is 2. The summed E-state index contributed by atoms with van der Waals surface area (Å²) < 4.78 is 7.90. The molecule has 3 rings (SSSR count). The van der Waals surface area contributed by atoms with Gasteiger partial charge in [-0.15, -0.1) is 0 Å². The van der Waals surface area contributed by atoms with Crippen LogP contribution in [0.3, 0.4) is 0 Å². The Labute approximate surface area is 126 Å². The van der Waals surface area contributed by atoms with Crippen LogP contribution in [0.2, 0.25) is 0 Å². The number of hydrogen-bond donors (Lipinski definition) is 1. The third-order valence-electron chi connectivity index (χ3n) is 4.59. The molecule has 112 valence electrons. The van der Waals surface area contributed by atoms with Gasteiger partial charge in [0.2, 0.25) is 0 Å². The van der Waals surface area contributed by atoms with Crippen LogP contribution in [0.1, 0.15) is 31.8 Å². The van der Waals surface area contributed by atoms with E-state index >= 15 is 0 Å². The third kappa shape index (κ3) is 2.74. The van der Waals surface area contributed by atoms with Crippen molar-refractivity contribution >= 4 is 0 Å². The van der Waals surface area contributed by atoms with Gasteiger partial charge in [0.1, 0.15) is 5.82 Å². The molecule has 0 bridgehead atoms. The second-order valence-corrected chi connectivity index (χ2v) is 6.00. The van der Waals surface area contributed by atoms with E-state index in [-0.39, 0.29) is 11.6 Å². The molecular weight excluding hydrogens is 262 g/mol. The van der Waals surface area contributed by atoms with E-state index in [1.54, 1.807) is 0 Å². The molecule has 0 saturated carbocycles. The molecule has 2 aromatic rings. The van der Waals surface area contributed by atoms with Gasteiger partial charge in [0.25, 0.3) is 0 Å². The molecule has 1 aliphatic rings. The Balaban J connectivity index is 1.81. The fourth-order valence-corrected chi connectivity index (χ4v) is 2.91. The van der Waals surface area contributed by atoms with E-state index in [4.69, 9.17) is 4.74 Å². The maximum Gasteiger partial charge on any atom is 0.110 e. The van der Waals surface area contributed by atoms with Crippen LogP contribution >= 0.6 is 0 Å². The predicted octanol–water partition coefficient (Wildman–Crippen LogP) is 2.84. The highest BCUT2D eigenvalue weighted by Gasteiger charge is 2.36. The van der Waals surface area contributed by atoms with Crippen molar-refractivity contribution in [1.29, 1.82) is 0 Å². The first kappa shape index (κ1) is 14.3. The molecule has 1 fully saturated rings. The van der Waals surface area contributed by atoms with Gasteiger partial charge in [0, 0.05) is 24.4 Å². The maximum atomic E-state index is 5.69. The first-order chi connectivity index (χ1) is 10.1. The van der Waals surface area contributed by atoms with Gasteiger partial charge >= 0.3 is 0 Å². The van der Waals surface area contributed by atoms with E-state index in [1.165, 1.54) is 5.69 Å². The average Bonchev–Trinajstić information content (AvgIpc) is 3.02. The van der Waals surface area contributed by atoms with Gasteiger partial charge in [0.15, 0.2) is 0 Å². The van der Waals surface area contributed by atoms with Gasteiger partial charge in [-0.2, -0.15) is 0 Å². The Morgan fingerprint density at radius 2 is 2.14 bits per heavy atom. The number of nitrogens with zero attached hydrogens (tertiary/aromatic N) is 2. The summed E-state index contributed by atoms with van der Waals surface area (Å²) in [7, 11) is 0. The minimum atomic E-state index is 0.0414. The molecule has 0 radical (unpaired) electrons. The van der Waals surface area contributed by atoms with Crippen molar-refractivity contribution in [2.75, 3.05) is 6.61 Å². The lowest BCUT2D eigenvalue weighted by Crippen LogP contribution is -2.47. The Bertz CT molecular complexity index is 608. The molecule has 2 atom stereocenters. The van der Waals surface area contributed by atoms with E-state index in [0.29, 0.717) is 0 Å². The zero-order valence-corrected chi connectivity index (χ0v) is 13.0. The molecule has 4 nitrogen and oxygen atoms in total. The number of benzene rings is 1. The topological polar surface area (TPSA) is 39.1 Å². The summed E-state index contributed by atoms with van der Waals surface area (Å²) in [5.41, 5.74) is 2.38. The fraction of sp³-hybridized carbons (Fsp3) is 0.471. The standard InChI is InChI=1S/C17H23N3O/c1-13-17(3,9-10-21-13)19-12-16-11-18-14(2)20(16)15-7-5-4-6-8-15/h4-8,11,13,19H,9-10,12H2,1-3H3. The molecule has 2 heterocycles. The fourth-order valence-electron chi connectivity index (χ4n) is 2.91. The Morgan fingerprint density at radius 1 is 1.38 bits per heavy atom. The summed E-state index contributed by atoms with van der Waals surface area (Å²) >= 11 is 0. The molecule has 1 aromatic carbocycles. The van der Waals surface area contributed by atoms with Crippen LogP contribution in [0.25, 0.3) is 5.69 Å². The number of nitrogens with one attached hydrogen (secondary N) is 1. The van der Waals surface area contributed by atoms with Crippen molar-refractivity contribution in [3.63, 3.8) is 0 Å². The van der Waals surface area contributed by atoms with Gasteiger partial charge < -0.3 is 10.1 Å². The second kappa shape index (κ2) is 5.62. The van der Waals surface area contributed by atoms with Gasteiger partial charge in [0.05, 0.1) is 18.0 Å². The van der Waals surface area contributed by atoms with Crippen molar-refractivity contribution in [1.82, 2.24) is 14.9 Å². The van der Waals surface area contributed by atoms with E-state index in [9.17, 15) is 0 Å². The van der Waals surface area contributed by atoms with Crippen LogP contribution in [0, 0.1) is 6.92 Å². The number of hydrogen-bond acceptors (Lipinski definition) is 3. The molecule has 4 heteroatoms. The van der Waals surface area contributed by atoms with Crippen molar-refractivity contribution in [2.24, 2.45) is 0 Å². The van der Waals surface area contributed by atoms with E-state index < -0.39 is 0 Å². The average molecular weight is 285 g/mol. The van der Waals surface area contributed by atoms with E-state index in [2.05, 4.69) is 53.0 Å². The first-order valence-corrected chi connectivity index (χ1v) is 7.55. The number of para-hydroxylation sites is 1. The molecule has 0 amide bonds. The lowest BCUT2D eigenvalue weighted by Gasteiger charge is -2.29. The quantitative estimate of drug-likeness (QED) is 0.939. The van der Waals surface area contributed by atoms with Crippen molar-refractivity contribution in [3.8, 4) is 5.69 Å². The second-order valence-electron chi connectivity index (χ2n) is 6.00. The van der Waals surface area contributed by atoms with Crippen molar-refractivity contribution in [2.45, 2.75) is 45.4 Å². The summed E-state index contributed by atoms with van der Waals surface area (Å²) in [6.07, 6.45) is 3.25. The van der Waals surface area contributed by atoms with E-state index in [0.717, 1.165) is 31.1 Å². The summed E-state index contributed by atoms with van der Waals surface area (Å²) in [6.45, 7) is 8.04. The molecule has 2 unspecified atom stereocenters. The number of ether oxygens (including phenoxy) is 1. The number of rotatable bonds is 4. The zero-order chi connectivity index (χ0) is 14.9. The van der Waals surface area contributed by atoms with Crippen LogP contribution < -0.4 is 5.32 Å². The normalized spacial score (nSPS) is 25.4. The largest absolute Gasteiger partial charge is 0.377 e. The molecule has 1 aliphatic heterocycles. The van der Waals surface area contributed by atoms with Gasteiger partial charge in [-0.05, 0) is 39.3 Å². The predicted molar refractivity (Wildman–Crippen MR) is 83.6 cm³/mol. The van der Waals surface area contributed by atoms with Crippen LogP contribution in [0.15, 0.2) is 36.5 Å². The monoisotopic (exact) mass is 285 g/mol. The van der Waals surface area contributed by atoms with Crippen LogP contribution in [0.5, 0.6) is 0 Å². The summed E-state index contributed by atoms with van der Waals surface area (Å²) in [4.78, 5) is 4.47. The molecule has 0 spiro atoms. The Hall–Kier alpha value is -1.65. The minimum absolute atomic E-state index is 0.0414. The molecule has 1 aromatic heterocycles. The SMILES string of the molecule is Cc1ncc(CNC2(C)CCOC2C)n1-c1ccccc1. The van der Waals surface area contributed by atoms with Crippen LogP contribution in [0.4, 0.5) is 0 Å². The van der Waals surface area contributed by atoms with E-state index in [1.807, 2.05) is 19.2 Å². The highest BCUT2D eigenvalue weighted by molar-refractivity contribution is 5.35. The highest BCUT2D eigenvalue weighted by Crippen LogP contribution is 2.26. The number of aryl methyl sites for hydroxylation is 1. The smallest absolute Gasteiger partial charge is 0.110 e. The summed E-state index contributed by atoms with van der Waals surface area (Å²) in [5.74, 6) is 1.01. The first-order valence-electron chi connectivity index (χ1n) is 7.55. The van der Waals surface area contributed by atoms with Crippen molar-refractivity contribution < 1.29 is 4.74 Å². The van der Waals surface area contributed by atoms with Gasteiger partial charge in [-0.3, -0.25) is 4.57 Å². The lowest BCUT2D eigenvalue weighted by atomic mass is 9.94. The molecule has 21 heavy (non-hydrogen) atoms. The summed E-state index contributed by atoms with van der Waals surface area (Å²) in [6, 6.07) is 10.4. The van der Waals surface area contributed by atoms with Gasteiger partial charge in [-0.1, -0.05) is 18.2 Å². The Morgan fingerprint density at radius 3 is 2.81 bits per heavy atom. The molecule has 1 saturated heterocycles. The number of imidazole rings is 1. The molecule has 1 N–H and O–H groups in total. The van der Waals surface area contributed by atoms with Crippen LogP contribution in [-0.4, -0.2) is 27.8 Å². The summed E-state index contributed by atoms with van der Waals surface area (Å²) in [5, 5.41) is 3.66. The zero-order valence-electron chi connectivity index (χ0n) is 13.0.